The Labute approximate surface area is 70.2 Å². The van der Waals surface area contributed by atoms with Gasteiger partial charge in [0.15, 0.2) is 8.32 Å². The molecule has 1 fully saturated rings. The van der Waals surface area contributed by atoms with Crippen molar-refractivity contribution in [2.45, 2.75) is 51.0 Å². The van der Waals surface area contributed by atoms with E-state index in [2.05, 4.69) is 19.6 Å². The molecule has 1 aliphatic carbocycles. The zero-order valence-electron chi connectivity index (χ0n) is 7.76. The monoisotopic (exact) mass is 173 g/mol. The van der Waals surface area contributed by atoms with Gasteiger partial charge in [-0.15, -0.1) is 0 Å². The van der Waals surface area contributed by atoms with Gasteiger partial charge < -0.3 is 10.2 Å². The molecule has 0 aromatic rings. The van der Waals surface area contributed by atoms with Crippen molar-refractivity contribution in [3.8, 4) is 0 Å². The van der Waals surface area contributed by atoms with Crippen molar-refractivity contribution >= 4 is 8.32 Å². The van der Waals surface area contributed by atoms with Gasteiger partial charge in [-0.25, -0.2) is 0 Å². The molecule has 2 N–H and O–H groups in total. The first-order valence-electron chi connectivity index (χ1n) is 4.42. The van der Waals surface area contributed by atoms with Gasteiger partial charge in [-0.1, -0.05) is 0 Å². The highest BCUT2D eigenvalue weighted by molar-refractivity contribution is 6.69. The minimum Gasteiger partial charge on any atom is -0.413 e. The van der Waals surface area contributed by atoms with Gasteiger partial charge in [0.1, 0.15) is 0 Å². The quantitative estimate of drug-likeness (QED) is 0.645. The van der Waals surface area contributed by atoms with E-state index < -0.39 is 8.32 Å². The highest BCUT2D eigenvalue weighted by Crippen LogP contribution is 2.23. The molecule has 3 heteroatoms. The van der Waals surface area contributed by atoms with Crippen LogP contribution in [0.1, 0.15) is 19.3 Å². The fourth-order valence-corrected chi connectivity index (χ4v) is 2.76. The lowest BCUT2D eigenvalue weighted by atomic mass is 10.2. The standard InChI is InChI=1S/C8H19NOSi/c1-11(2,3)10-8-6-4-5-7(8)9/h7-8H,4-6,9H2,1-3H3/t7-,8+/m1/s1. The fourth-order valence-electron chi connectivity index (χ4n) is 1.56. The molecule has 1 aliphatic rings. The maximum absolute atomic E-state index is 5.92. The van der Waals surface area contributed by atoms with Crippen molar-refractivity contribution in [2.75, 3.05) is 0 Å². The highest BCUT2D eigenvalue weighted by atomic mass is 28.4. The van der Waals surface area contributed by atoms with Crippen LogP contribution in [-0.2, 0) is 4.43 Å². The van der Waals surface area contributed by atoms with Crippen LogP contribution in [0, 0.1) is 0 Å². The van der Waals surface area contributed by atoms with E-state index in [-0.39, 0.29) is 0 Å². The second kappa shape index (κ2) is 3.25. The fraction of sp³-hybridized carbons (Fsp3) is 1.00. The smallest absolute Gasteiger partial charge is 0.184 e. The molecule has 0 bridgehead atoms. The Kier molecular flexibility index (Phi) is 2.73. The lowest BCUT2D eigenvalue weighted by Crippen LogP contribution is -2.39. The summed E-state index contributed by atoms with van der Waals surface area (Å²) in [5.41, 5.74) is 5.88. The lowest BCUT2D eigenvalue weighted by molar-refractivity contribution is 0.184. The number of hydrogen-bond donors (Lipinski definition) is 1. The van der Waals surface area contributed by atoms with Crippen molar-refractivity contribution < 1.29 is 4.43 Å². The molecule has 1 saturated carbocycles. The van der Waals surface area contributed by atoms with Gasteiger partial charge in [-0.2, -0.15) is 0 Å². The van der Waals surface area contributed by atoms with Crippen LogP contribution >= 0.6 is 0 Å². The molecule has 0 radical (unpaired) electrons. The Balaban J connectivity index is 2.37. The predicted octanol–water partition coefficient (Wildman–Crippen LogP) is 1.72. The first-order valence-corrected chi connectivity index (χ1v) is 7.83. The van der Waals surface area contributed by atoms with Gasteiger partial charge in [0.25, 0.3) is 0 Å². The molecule has 0 amide bonds. The molecule has 11 heavy (non-hydrogen) atoms. The Bertz CT molecular complexity index is 133. The number of rotatable bonds is 2. The molecule has 2 nitrogen and oxygen atoms in total. The summed E-state index contributed by atoms with van der Waals surface area (Å²) in [7, 11) is -1.34. The van der Waals surface area contributed by atoms with Crippen LogP contribution in [0.25, 0.3) is 0 Å². The molecule has 0 unspecified atom stereocenters. The molecular weight excluding hydrogens is 154 g/mol. The first-order chi connectivity index (χ1) is 4.99. The second-order valence-electron chi connectivity index (χ2n) is 4.36. The van der Waals surface area contributed by atoms with Crippen molar-refractivity contribution in [3.63, 3.8) is 0 Å². The maximum Gasteiger partial charge on any atom is 0.184 e. The first kappa shape index (κ1) is 9.23. The summed E-state index contributed by atoms with van der Waals surface area (Å²) in [4.78, 5) is 0. The maximum atomic E-state index is 5.92. The van der Waals surface area contributed by atoms with Crippen molar-refractivity contribution in [3.05, 3.63) is 0 Å². The highest BCUT2D eigenvalue weighted by Gasteiger charge is 2.29. The number of hydrogen-bond acceptors (Lipinski definition) is 2. The summed E-state index contributed by atoms with van der Waals surface area (Å²) in [5, 5.41) is 0. The molecule has 0 aromatic heterocycles. The van der Waals surface area contributed by atoms with Crippen LogP contribution < -0.4 is 5.73 Å². The van der Waals surface area contributed by atoms with E-state index in [1.54, 1.807) is 0 Å². The Morgan fingerprint density at radius 3 is 2.27 bits per heavy atom. The predicted molar refractivity (Wildman–Crippen MR) is 50.0 cm³/mol. The molecule has 0 aliphatic heterocycles. The summed E-state index contributed by atoms with van der Waals surface area (Å²) >= 11 is 0. The van der Waals surface area contributed by atoms with Crippen LogP contribution in [0.5, 0.6) is 0 Å². The summed E-state index contributed by atoms with van der Waals surface area (Å²) in [6.45, 7) is 6.66. The minimum atomic E-state index is -1.34. The SMILES string of the molecule is C[Si](C)(C)O[C@H]1CCC[C@H]1N. The second-order valence-corrected chi connectivity index (χ2v) is 8.82. The Morgan fingerprint density at radius 2 is 1.91 bits per heavy atom. The third-order valence-corrected chi connectivity index (χ3v) is 3.02. The van der Waals surface area contributed by atoms with Gasteiger partial charge in [0.05, 0.1) is 6.10 Å². The largest absolute Gasteiger partial charge is 0.413 e. The molecule has 66 valence electrons. The van der Waals surface area contributed by atoms with Crippen molar-refractivity contribution in [1.29, 1.82) is 0 Å². The van der Waals surface area contributed by atoms with Crippen LogP contribution in [0.3, 0.4) is 0 Å². The van der Waals surface area contributed by atoms with E-state index >= 15 is 0 Å². The van der Waals surface area contributed by atoms with E-state index in [1.807, 2.05) is 0 Å². The average molecular weight is 173 g/mol. The van der Waals surface area contributed by atoms with Gasteiger partial charge in [-0.3, -0.25) is 0 Å². The van der Waals surface area contributed by atoms with Crippen LogP contribution in [0.15, 0.2) is 0 Å². The Morgan fingerprint density at radius 1 is 1.27 bits per heavy atom. The Hall–Kier alpha value is 0.137. The van der Waals surface area contributed by atoms with E-state index in [0.717, 1.165) is 6.42 Å². The topological polar surface area (TPSA) is 35.2 Å². The van der Waals surface area contributed by atoms with E-state index in [0.29, 0.717) is 12.1 Å². The molecule has 0 heterocycles. The minimum absolute atomic E-state index is 0.307. The zero-order valence-corrected chi connectivity index (χ0v) is 8.76. The molecule has 0 spiro atoms. The normalized spacial score (nSPS) is 32.7. The molecule has 2 atom stereocenters. The average Bonchev–Trinajstić information content (AvgIpc) is 2.12. The molecular formula is C8H19NOSi. The third-order valence-electron chi connectivity index (χ3n) is 2.01. The summed E-state index contributed by atoms with van der Waals surface area (Å²) in [5.74, 6) is 0. The van der Waals surface area contributed by atoms with Gasteiger partial charge in [-0.05, 0) is 38.9 Å². The van der Waals surface area contributed by atoms with Crippen molar-refractivity contribution in [1.82, 2.24) is 0 Å². The van der Waals surface area contributed by atoms with E-state index in [1.165, 1.54) is 12.8 Å². The zero-order chi connectivity index (χ0) is 8.48. The summed E-state index contributed by atoms with van der Waals surface area (Å²) in [6, 6.07) is 0.307. The summed E-state index contributed by atoms with van der Waals surface area (Å²) < 4.78 is 5.92. The summed E-state index contributed by atoms with van der Waals surface area (Å²) in [6.07, 6.45) is 3.93. The van der Waals surface area contributed by atoms with Gasteiger partial charge >= 0.3 is 0 Å². The van der Waals surface area contributed by atoms with E-state index in [4.69, 9.17) is 10.2 Å². The molecule has 0 aromatic carbocycles. The van der Waals surface area contributed by atoms with E-state index in [9.17, 15) is 0 Å². The lowest BCUT2D eigenvalue weighted by Gasteiger charge is -2.25. The van der Waals surface area contributed by atoms with Crippen molar-refractivity contribution in [2.24, 2.45) is 5.73 Å². The van der Waals surface area contributed by atoms with Crippen LogP contribution in [-0.4, -0.2) is 20.5 Å². The number of nitrogens with two attached hydrogens (primary N) is 1. The third kappa shape index (κ3) is 2.93. The van der Waals surface area contributed by atoms with Crippen LogP contribution in [0.4, 0.5) is 0 Å². The molecule has 1 rings (SSSR count). The molecule has 0 saturated heterocycles. The van der Waals surface area contributed by atoms with Gasteiger partial charge in [0.2, 0.25) is 0 Å². The van der Waals surface area contributed by atoms with Gasteiger partial charge in [0, 0.05) is 6.04 Å². The van der Waals surface area contributed by atoms with Crippen LogP contribution in [0.2, 0.25) is 19.6 Å².